The minimum absolute atomic E-state index is 0.0149. The molecule has 2 aliphatic rings. The van der Waals surface area contributed by atoms with E-state index in [0.717, 1.165) is 25.3 Å². The van der Waals surface area contributed by atoms with Crippen molar-refractivity contribution in [2.45, 2.75) is 50.6 Å². The fourth-order valence-electron chi connectivity index (χ4n) is 2.88. The van der Waals surface area contributed by atoms with Gasteiger partial charge in [-0.05, 0) is 26.2 Å². The van der Waals surface area contributed by atoms with Crippen molar-refractivity contribution >= 4 is 11.8 Å². The third kappa shape index (κ3) is 3.04. The summed E-state index contributed by atoms with van der Waals surface area (Å²) in [6.07, 6.45) is -1.41. The maximum atomic E-state index is 12.9. The lowest BCUT2D eigenvalue weighted by Crippen LogP contribution is -2.31. The van der Waals surface area contributed by atoms with E-state index in [0.29, 0.717) is 6.54 Å². The summed E-state index contributed by atoms with van der Waals surface area (Å²) in [5.74, 6) is 0.174. The fourth-order valence-corrected chi connectivity index (χ4v) is 2.88. The number of hydrogen-bond donors (Lipinski definition) is 2. The van der Waals surface area contributed by atoms with Gasteiger partial charge in [-0.2, -0.15) is 18.2 Å². The van der Waals surface area contributed by atoms with Crippen molar-refractivity contribution in [3.8, 4) is 0 Å². The molecule has 8 heteroatoms. The molecule has 5 nitrogen and oxygen atoms in total. The molecule has 1 aromatic heterocycles. The second kappa shape index (κ2) is 5.32. The molecule has 3 rings (SSSR count). The van der Waals surface area contributed by atoms with Crippen LogP contribution in [0.5, 0.6) is 0 Å². The zero-order valence-corrected chi connectivity index (χ0v) is 11.6. The van der Waals surface area contributed by atoms with Crippen molar-refractivity contribution in [2.24, 2.45) is 0 Å². The van der Waals surface area contributed by atoms with Crippen LogP contribution in [0, 0.1) is 0 Å². The van der Waals surface area contributed by atoms with Gasteiger partial charge in [0.1, 0.15) is 5.82 Å². The Morgan fingerprint density at radius 2 is 2.14 bits per heavy atom. The van der Waals surface area contributed by atoms with E-state index < -0.39 is 11.9 Å². The van der Waals surface area contributed by atoms with Gasteiger partial charge in [-0.15, -0.1) is 0 Å². The second-order valence-electron chi connectivity index (χ2n) is 5.35. The molecule has 2 aliphatic heterocycles. The highest BCUT2D eigenvalue weighted by molar-refractivity contribution is 5.44. The minimum Gasteiger partial charge on any atom is -0.373 e. The number of rotatable bonds is 4. The third-order valence-corrected chi connectivity index (χ3v) is 3.79. The minimum atomic E-state index is -4.49. The van der Waals surface area contributed by atoms with Crippen LogP contribution in [-0.2, 0) is 10.9 Å². The Hall–Kier alpha value is -1.57. The monoisotopic (exact) mass is 302 g/mol. The van der Waals surface area contributed by atoms with Crippen molar-refractivity contribution in [2.75, 3.05) is 17.2 Å². The average molecular weight is 302 g/mol. The molecular weight excluding hydrogens is 285 g/mol. The molecular formula is C13H17F3N4O. The van der Waals surface area contributed by atoms with Crippen molar-refractivity contribution in [1.29, 1.82) is 0 Å². The van der Waals surface area contributed by atoms with Crippen LogP contribution >= 0.6 is 0 Å². The first-order chi connectivity index (χ1) is 9.95. The molecule has 2 bridgehead atoms. The van der Waals surface area contributed by atoms with E-state index in [1.807, 2.05) is 0 Å². The maximum Gasteiger partial charge on any atom is 0.433 e. The molecule has 1 aromatic rings. The Morgan fingerprint density at radius 3 is 2.71 bits per heavy atom. The number of nitrogens with one attached hydrogen (secondary N) is 2. The molecule has 116 valence electrons. The number of fused-ring (bicyclic) bond motifs is 2. The summed E-state index contributed by atoms with van der Waals surface area (Å²) in [5, 5.41) is 5.79. The Bertz CT molecular complexity index is 523. The molecule has 0 radical (unpaired) electrons. The third-order valence-electron chi connectivity index (χ3n) is 3.79. The Kier molecular flexibility index (Phi) is 3.64. The summed E-state index contributed by atoms with van der Waals surface area (Å²) < 4.78 is 44.3. The quantitative estimate of drug-likeness (QED) is 0.895. The molecule has 3 atom stereocenters. The van der Waals surface area contributed by atoms with E-state index in [2.05, 4.69) is 20.6 Å². The Balaban J connectivity index is 1.81. The smallest absolute Gasteiger partial charge is 0.373 e. The van der Waals surface area contributed by atoms with E-state index in [4.69, 9.17) is 4.74 Å². The Morgan fingerprint density at radius 1 is 1.33 bits per heavy atom. The van der Waals surface area contributed by atoms with Gasteiger partial charge in [0.15, 0.2) is 5.69 Å². The molecule has 2 N–H and O–H groups in total. The van der Waals surface area contributed by atoms with Gasteiger partial charge >= 0.3 is 6.18 Å². The van der Waals surface area contributed by atoms with Crippen LogP contribution in [0.1, 0.15) is 31.9 Å². The van der Waals surface area contributed by atoms with Crippen LogP contribution in [0.3, 0.4) is 0 Å². The number of nitrogens with zero attached hydrogens (tertiary/aromatic N) is 2. The van der Waals surface area contributed by atoms with Crippen molar-refractivity contribution in [3.63, 3.8) is 0 Å². The van der Waals surface area contributed by atoms with Gasteiger partial charge in [-0.1, -0.05) is 0 Å². The van der Waals surface area contributed by atoms with Crippen LogP contribution in [0.2, 0.25) is 0 Å². The van der Waals surface area contributed by atoms with Crippen molar-refractivity contribution in [1.82, 2.24) is 9.97 Å². The Labute approximate surface area is 120 Å². The van der Waals surface area contributed by atoms with Gasteiger partial charge < -0.3 is 15.4 Å². The predicted octanol–water partition coefficient (Wildman–Crippen LogP) is 2.66. The van der Waals surface area contributed by atoms with Crippen LogP contribution in [0.15, 0.2) is 6.07 Å². The first kappa shape index (κ1) is 14.4. The highest BCUT2D eigenvalue weighted by atomic mass is 19.4. The standard InChI is InChI=1S/C13H17F3N4O/c1-2-17-12-19-10(13(14,15)16)6-11(20-12)18-8-5-7-3-4-9(8)21-7/h6-9H,2-5H2,1H3,(H2,17,18,19,20). The molecule has 0 aromatic carbocycles. The molecule has 0 spiro atoms. The van der Waals surface area contributed by atoms with Gasteiger partial charge in [-0.25, -0.2) is 4.98 Å². The van der Waals surface area contributed by atoms with Crippen molar-refractivity contribution < 1.29 is 17.9 Å². The predicted molar refractivity (Wildman–Crippen MR) is 71.1 cm³/mol. The fraction of sp³-hybridized carbons (Fsp3) is 0.692. The van der Waals surface area contributed by atoms with Crippen LogP contribution in [0.4, 0.5) is 24.9 Å². The van der Waals surface area contributed by atoms with E-state index in [9.17, 15) is 13.2 Å². The van der Waals surface area contributed by atoms with Gasteiger partial charge in [0.25, 0.3) is 0 Å². The van der Waals surface area contributed by atoms with Gasteiger partial charge in [0, 0.05) is 12.6 Å². The van der Waals surface area contributed by atoms with Gasteiger partial charge in [-0.3, -0.25) is 0 Å². The number of hydrogen-bond acceptors (Lipinski definition) is 5. The number of aromatic nitrogens is 2. The van der Waals surface area contributed by atoms with Gasteiger partial charge in [0.05, 0.1) is 18.2 Å². The summed E-state index contributed by atoms with van der Waals surface area (Å²) >= 11 is 0. The van der Waals surface area contributed by atoms with E-state index in [1.165, 1.54) is 0 Å². The largest absolute Gasteiger partial charge is 0.433 e. The maximum absolute atomic E-state index is 12.9. The summed E-state index contributed by atoms with van der Waals surface area (Å²) in [5.41, 5.74) is -0.944. The first-order valence-electron chi connectivity index (χ1n) is 7.08. The zero-order valence-electron chi connectivity index (χ0n) is 11.6. The molecule has 0 aliphatic carbocycles. The van der Waals surface area contributed by atoms with Crippen molar-refractivity contribution in [3.05, 3.63) is 11.8 Å². The number of halogens is 3. The van der Waals surface area contributed by atoms with Crippen LogP contribution < -0.4 is 10.6 Å². The lowest BCUT2D eigenvalue weighted by Gasteiger charge is -2.21. The van der Waals surface area contributed by atoms with E-state index >= 15 is 0 Å². The molecule has 3 unspecified atom stereocenters. The lowest BCUT2D eigenvalue weighted by molar-refractivity contribution is -0.141. The number of ether oxygens (including phenoxy) is 1. The molecule has 0 saturated carbocycles. The summed E-state index contributed by atoms with van der Waals surface area (Å²) in [6.45, 7) is 2.23. The molecule has 0 amide bonds. The molecule has 21 heavy (non-hydrogen) atoms. The number of anilines is 2. The van der Waals surface area contributed by atoms with Crippen LogP contribution in [-0.4, -0.2) is 34.8 Å². The molecule has 2 saturated heterocycles. The summed E-state index contributed by atoms with van der Waals surface area (Å²) in [7, 11) is 0. The normalized spacial score (nSPS) is 27.9. The zero-order chi connectivity index (χ0) is 15.0. The second-order valence-corrected chi connectivity index (χ2v) is 5.35. The number of alkyl halides is 3. The highest BCUT2D eigenvalue weighted by Gasteiger charge is 2.41. The SMILES string of the molecule is CCNc1nc(NC2CC3CCC2O3)cc(C(F)(F)F)n1. The first-order valence-corrected chi connectivity index (χ1v) is 7.08. The van der Waals surface area contributed by atoms with E-state index in [-0.39, 0.29) is 30.0 Å². The highest BCUT2D eigenvalue weighted by Crippen LogP contribution is 2.36. The van der Waals surface area contributed by atoms with E-state index in [1.54, 1.807) is 6.92 Å². The summed E-state index contributed by atoms with van der Waals surface area (Å²) in [6, 6.07) is 0.974. The summed E-state index contributed by atoms with van der Waals surface area (Å²) in [4.78, 5) is 7.59. The average Bonchev–Trinajstić information content (AvgIpc) is 3.00. The lowest BCUT2D eigenvalue weighted by atomic mass is 9.95. The molecule has 2 fully saturated rings. The van der Waals surface area contributed by atoms with Crippen LogP contribution in [0.25, 0.3) is 0 Å². The van der Waals surface area contributed by atoms with Gasteiger partial charge in [0.2, 0.25) is 5.95 Å². The topological polar surface area (TPSA) is 59.1 Å². The molecule has 3 heterocycles.